The molecule has 1 aromatic heterocycles. The molecule has 0 aliphatic carbocycles. The van der Waals surface area contributed by atoms with Crippen LogP contribution < -0.4 is 4.74 Å². The molecule has 0 spiro atoms. The van der Waals surface area contributed by atoms with Crippen molar-refractivity contribution in [2.24, 2.45) is 0 Å². The van der Waals surface area contributed by atoms with E-state index in [4.69, 9.17) is 9.84 Å². The molecule has 0 fully saturated rings. The quantitative estimate of drug-likeness (QED) is 0.872. The van der Waals surface area contributed by atoms with Crippen LogP contribution in [0.5, 0.6) is 5.75 Å². The second kappa shape index (κ2) is 4.97. The van der Waals surface area contributed by atoms with E-state index in [0.717, 1.165) is 22.4 Å². The van der Waals surface area contributed by atoms with Gasteiger partial charge in [-0.1, -0.05) is 17.3 Å². The second-order valence-corrected chi connectivity index (χ2v) is 3.85. The Morgan fingerprint density at radius 1 is 1.29 bits per heavy atom. The highest BCUT2D eigenvalue weighted by Crippen LogP contribution is 2.25. The number of hydrogen-bond donors (Lipinski definition) is 1. The minimum atomic E-state index is 0.0345. The van der Waals surface area contributed by atoms with Crippen LogP contribution in [0.25, 0.3) is 0 Å². The van der Waals surface area contributed by atoms with Crippen LogP contribution >= 0.6 is 0 Å². The Hall–Kier alpha value is -1.88. The van der Waals surface area contributed by atoms with Gasteiger partial charge < -0.3 is 14.4 Å². The third kappa shape index (κ3) is 2.62. The first-order valence-corrected chi connectivity index (χ1v) is 5.29. The molecule has 1 heterocycles. The van der Waals surface area contributed by atoms with Crippen LogP contribution in [-0.4, -0.2) is 15.2 Å². The van der Waals surface area contributed by atoms with Crippen LogP contribution in [0.2, 0.25) is 0 Å². The molecule has 0 saturated carbocycles. The molecule has 0 radical (unpaired) electrons. The topological polar surface area (TPSA) is 68.4 Å². The number of aromatic nitrogens is 2. The summed E-state index contributed by atoms with van der Waals surface area (Å²) in [5.41, 5.74) is 2.85. The van der Waals surface area contributed by atoms with E-state index in [2.05, 4.69) is 14.7 Å². The number of aliphatic hydroxyl groups is 1. The monoisotopic (exact) mass is 234 g/mol. The highest BCUT2D eigenvalue weighted by molar-refractivity contribution is 5.43. The lowest BCUT2D eigenvalue weighted by atomic mass is 10.1. The van der Waals surface area contributed by atoms with Crippen molar-refractivity contribution >= 4 is 0 Å². The molecule has 17 heavy (non-hydrogen) atoms. The summed E-state index contributed by atoms with van der Waals surface area (Å²) in [7, 11) is 0. The summed E-state index contributed by atoms with van der Waals surface area (Å²) in [5.74, 6) is 1.31. The standard InChI is InChI=1S/C12H14N2O3/c1-8-3-10(5-15)4-9(2)12(8)16-6-11-13-7-17-14-11/h3-4,7,15H,5-6H2,1-2H3. The lowest BCUT2D eigenvalue weighted by molar-refractivity contribution is 0.276. The van der Waals surface area contributed by atoms with Gasteiger partial charge in [0.2, 0.25) is 12.2 Å². The minimum absolute atomic E-state index is 0.0345. The maximum absolute atomic E-state index is 9.08. The van der Waals surface area contributed by atoms with Crippen molar-refractivity contribution in [3.8, 4) is 5.75 Å². The van der Waals surface area contributed by atoms with Crippen LogP contribution in [0.15, 0.2) is 23.0 Å². The van der Waals surface area contributed by atoms with E-state index in [1.54, 1.807) is 0 Å². The normalized spacial score (nSPS) is 10.5. The molecule has 1 aromatic carbocycles. The predicted molar refractivity (Wildman–Crippen MR) is 60.5 cm³/mol. The molecular formula is C12H14N2O3. The van der Waals surface area contributed by atoms with Gasteiger partial charge in [-0.25, -0.2) is 0 Å². The maximum Gasteiger partial charge on any atom is 0.213 e. The molecule has 0 saturated heterocycles. The van der Waals surface area contributed by atoms with Gasteiger partial charge in [0.05, 0.1) is 6.61 Å². The van der Waals surface area contributed by atoms with Crippen molar-refractivity contribution in [2.45, 2.75) is 27.1 Å². The number of aryl methyl sites for hydroxylation is 2. The van der Waals surface area contributed by atoms with E-state index < -0.39 is 0 Å². The van der Waals surface area contributed by atoms with Gasteiger partial charge in [-0.15, -0.1) is 0 Å². The second-order valence-electron chi connectivity index (χ2n) is 3.85. The number of aliphatic hydroxyl groups excluding tert-OH is 1. The van der Waals surface area contributed by atoms with Gasteiger partial charge in [0.25, 0.3) is 0 Å². The molecule has 0 unspecified atom stereocenters. The van der Waals surface area contributed by atoms with Crippen LogP contribution in [0.4, 0.5) is 0 Å². The fourth-order valence-corrected chi connectivity index (χ4v) is 1.75. The zero-order chi connectivity index (χ0) is 12.3. The van der Waals surface area contributed by atoms with Crippen molar-refractivity contribution < 1.29 is 14.4 Å². The Bertz CT molecular complexity index is 471. The van der Waals surface area contributed by atoms with Crippen LogP contribution in [0, 0.1) is 13.8 Å². The van der Waals surface area contributed by atoms with Crippen molar-refractivity contribution in [3.05, 3.63) is 41.0 Å². The van der Waals surface area contributed by atoms with E-state index >= 15 is 0 Å². The lowest BCUT2D eigenvalue weighted by Gasteiger charge is -2.12. The average molecular weight is 234 g/mol. The Morgan fingerprint density at radius 3 is 2.53 bits per heavy atom. The summed E-state index contributed by atoms with van der Waals surface area (Å²) in [5, 5.41) is 12.8. The summed E-state index contributed by atoms with van der Waals surface area (Å²) in [6, 6.07) is 3.80. The summed E-state index contributed by atoms with van der Waals surface area (Å²) < 4.78 is 10.3. The van der Waals surface area contributed by atoms with Gasteiger partial charge in [0.1, 0.15) is 5.75 Å². The number of ether oxygens (including phenoxy) is 1. The van der Waals surface area contributed by atoms with Gasteiger partial charge in [-0.05, 0) is 30.5 Å². The van der Waals surface area contributed by atoms with Crippen molar-refractivity contribution in [1.29, 1.82) is 0 Å². The Labute approximate surface area is 99.0 Å². The van der Waals surface area contributed by atoms with E-state index in [0.29, 0.717) is 5.82 Å². The molecular weight excluding hydrogens is 220 g/mol. The van der Waals surface area contributed by atoms with Gasteiger partial charge >= 0.3 is 0 Å². The third-order valence-corrected chi connectivity index (χ3v) is 2.46. The van der Waals surface area contributed by atoms with Gasteiger partial charge in [0, 0.05) is 0 Å². The van der Waals surface area contributed by atoms with Crippen LogP contribution in [0.1, 0.15) is 22.5 Å². The molecule has 0 aliphatic heterocycles. The van der Waals surface area contributed by atoms with Gasteiger partial charge in [-0.3, -0.25) is 0 Å². The molecule has 0 atom stereocenters. The van der Waals surface area contributed by atoms with Crippen molar-refractivity contribution in [3.63, 3.8) is 0 Å². The number of nitrogens with zero attached hydrogens (tertiary/aromatic N) is 2. The molecule has 0 amide bonds. The summed E-state index contributed by atoms with van der Waals surface area (Å²) in [4.78, 5) is 3.88. The van der Waals surface area contributed by atoms with Gasteiger partial charge in [0.15, 0.2) is 6.61 Å². The highest BCUT2D eigenvalue weighted by atomic mass is 16.5. The molecule has 5 heteroatoms. The number of rotatable bonds is 4. The molecule has 5 nitrogen and oxygen atoms in total. The van der Waals surface area contributed by atoms with Crippen molar-refractivity contribution in [1.82, 2.24) is 10.1 Å². The SMILES string of the molecule is Cc1cc(CO)cc(C)c1OCc1ncon1. The zero-order valence-corrected chi connectivity index (χ0v) is 9.80. The molecule has 90 valence electrons. The molecule has 2 rings (SSSR count). The van der Waals surface area contributed by atoms with E-state index in [-0.39, 0.29) is 13.2 Å². The van der Waals surface area contributed by atoms with E-state index in [1.165, 1.54) is 6.39 Å². The van der Waals surface area contributed by atoms with E-state index in [1.807, 2.05) is 26.0 Å². The fraction of sp³-hybridized carbons (Fsp3) is 0.333. The number of hydrogen-bond acceptors (Lipinski definition) is 5. The minimum Gasteiger partial charge on any atom is -0.485 e. The number of benzene rings is 1. The summed E-state index contributed by atoms with van der Waals surface area (Å²) in [6.45, 7) is 4.19. The Morgan fingerprint density at radius 2 is 2.00 bits per heavy atom. The largest absolute Gasteiger partial charge is 0.485 e. The molecule has 0 aliphatic rings. The highest BCUT2D eigenvalue weighted by Gasteiger charge is 2.08. The summed E-state index contributed by atoms with van der Waals surface area (Å²) >= 11 is 0. The molecule has 0 bridgehead atoms. The first-order chi connectivity index (χ1) is 8.20. The smallest absolute Gasteiger partial charge is 0.213 e. The summed E-state index contributed by atoms with van der Waals surface area (Å²) in [6.07, 6.45) is 1.27. The Balaban J connectivity index is 2.15. The third-order valence-electron chi connectivity index (χ3n) is 2.46. The maximum atomic E-state index is 9.08. The van der Waals surface area contributed by atoms with Crippen molar-refractivity contribution in [2.75, 3.05) is 0 Å². The molecule has 1 N–H and O–H groups in total. The lowest BCUT2D eigenvalue weighted by Crippen LogP contribution is -2.01. The van der Waals surface area contributed by atoms with Crippen LogP contribution in [0.3, 0.4) is 0 Å². The first kappa shape index (κ1) is 11.6. The molecule has 2 aromatic rings. The Kier molecular flexibility index (Phi) is 3.39. The average Bonchev–Trinajstić information content (AvgIpc) is 2.80. The van der Waals surface area contributed by atoms with E-state index in [9.17, 15) is 0 Å². The predicted octanol–water partition coefficient (Wildman–Crippen LogP) is 1.76. The fourth-order valence-electron chi connectivity index (χ4n) is 1.75. The van der Waals surface area contributed by atoms with Crippen LogP contribution in [-0.2, 0) is 13.2 Å². The zero-order valence-electron chi connectivity index (χ0n) is 9.80. The van der Waals surface area contributed by atoms with Gasteiger partial charge in [-0.2, -0.15) is 4.98 Å². The first-order valence-electron chi connectivity index (χ1n) is 5.29.